The monoisotopic (exact) mass is 576 g/mol. The normalized spacial score (nSPS) is 17.2. The van der Waals surface area contributed by atoms with Crippen molar-refractivity contribution in [1.82, 2.24) is 15.8 Å². The number of carbonyl (C=O) groups excluding carboxylic acids is 4. The standard InChI is InChI=1S/C32H40N4O6/c37-29(14-8-1-2-9-15-30(38)35-41)34-33-22-25-18-20-26(21-19-25)23-36-24-28(27-12-6-5-7-13-27)42-32(40)17-11-4-3-10-16-31(36)39/h3-7,12-13,18-22,28,41H,1-2,8-11,14-17,23-24H2,(H,34,37)(H,35,38)/b4-3+,33-22+/t28-/m0/s1. The summed E-state index contributed by atoms with van der Waals surface area (Å²) in [5.74, 6) is -0.893. The van der Waals surface area contributed by atoms with Crippen LogP contribution in [0.2, 0.25) is 0 Å². The van der Waals surface area contributed by atoms with Crippen LogP contribution in [0.1, 0.15) is 87.0 Å². The maximum absolute atomic E-state index is 13.2. The molecule has 0 radical (unpaired) electrons. The number of nitrogens with zero attached hydrogens (tertiary/aromatic N) is 2. The molecule has 3 amide bonds. The first-order valence-corrected chi connectivity index (χ1v) is 14.5. The molecule has 1 atom stereocenters. The molecule has 1 aliphatic heterocycles. The molecule has 10 nitrogen and oxygen atoms in total. The number of nitrogens with one attached hydrogen (secondary N) is 2. The van der Waals surface area contributed by atoms with Gasteiger partial charge in [0.15, 0.2) is 0 Å². The lowest BCUT2D eigenvalue weighted by atomic mass is 10.1. The fourth-order valence-electron chi connectivity index (χ4n) is 4.50. The maximum atomic E-state index is 13.2. The van der Waals surface area contributed by atoms with Gasteiger partial charge in [0, 0.05) is 32.2 Å². The molecule has 0 unspecified atom stereocenters. The zero-order valence-corrected chi connectivity index (χ0v) is 23.9. The van der Waals surface area contributed by atoms with Crippen LogP contribution in [0.5, 0.6) is 0 Å². The Bertz CT molecular complexity index is 1210. The van der Waals surface area contributed by atoms with Gasteiger partial charge in [0.2, 0.25) is 17.7 Å². The van der Waals surface area contributed by atoms with Crippen molar-refractivity contribution in [3.8, 4) is 0 Å². The summed E-state index contributed by atoms with van der Waals surface area (Å²) in [5, 5.41) is 12.5. The van der Waals surface area contributed by atoms with Gasteiger partial charge in [-0.05, 0) is 42.4 Å². The molecule has 0 aliphatic carbocycles. The Morgan fingerprint density at radius 2 is 1.57 bits per heavy atom. The summed E-state index contributed by atoms with van der Waals surface area (Å²) in [6, 6.07) is 17.0. The van der Waals surface area contributed by atoms with Crippen molar-refractivity contribution < 1.29 is 29.1 Å². The average molecular weight is 577 g/mol. The first-order valence-electron chi connectivity index (χ1n) is 14.5. The summed E-state index contributed by atoms with van der Waals surface area (Å²) in [6.07, 6.45) is 10.3. The highest BCUT2D eigenvalue weighted by atomic mass is 16.5. The second-order valence-electron chi connectivity index (χ2n) is 10.2. The molecule has 224 valence electrons. The fourth-order valence-corrected chi connectivity index (χ4v) is 4.50. The van der Waals surface area contributed by atoms with E-state index in [-0.39, 0.29) is 30.7 Å². The Labute approximate surface area is 246 Å². The molecule has 0 spiro atoms. The van der Waals surface area contributed by atoms with Gasteiger partial charge in [0.05, 0.1) is 12.8 Å². The van der Waals surface area contributed by atoms with Crippen LogP contribution in [0.25, 0.3) is 0 Å². The van der Waals surface area contributed by atoms with E-state index in [0.717, 1.165) is 29.5 Å². The number of benzene rings is 2. The van der Waals surface area contributed by atoms with Gasteiger partial charge in [-0.15, -0.1) is 0 Å². The predicted octanol–water partition coefficient (Wildman–Crippen LogP) is 4.73. The minimum atomic E-state index is -0.561. The van der Waals surface area contributed by atoms with E-state index < -0.39 is 12.0 Å². The number of hydrogen-bond acceptors (Lipinski definition) is 7. The zero-order valence-electron chi connectivity index (χ0n) is 23.9. The lowest BCUT2D eigenvalue weighted by Crippen LogP contribution is -2.35. The topological polar surface area (TPSA) is 137 Å². The summed E-state index contributed by atoms with van der Waals surface area (Å²) < 4.78 is 5.82. The van der Waals surface area contributed by atoms with Crippen LogP contribution in [0.4, 0.5) is 0 Å². The van der Waals surface area contributed by atoms with Gasteiger partial charge in [-0.1, -0.05) is 79.6 Å². The third-order valence-electron chi connectivity index (χ3n) is 6.83. The minimum absolute atomic E-state index is 0.0128. The first kappa shape index (κ1) is 32.2. The second-order valence-corrected chi connectivity index (χ2v) is 10.2. The van der Waals surface area contributed by atoms with Gasteiger partial charge < -0.3 is 9.64 Å². The van der Waals surface area contributed by atoms with Crippen LogP contribution in [0.3, 0.4) is 0 Å². The largest absolute Gasteiger partial charge is 0.456 e. The zero-order chi connectivity index (χ0) is 30.0. The van der Waals surface area contributed by atoms with Crippen LogP contribution in [-0.2, 0) is 30.5 Å². The molecular weight excluding hydrogens is 536 g/mol. The molecule has 1 aliphatic rings. The average Bonchev–Trinajstić information content (AvgIpc) is 3.00. The molecule has 10 heteroatoms. The molecule has 1 heterocycles. The van der Waals surface area contributed by atoms with Crippen molar-refractivity contribution in [2.45, 2.75) is 76.9 Å². The second kappa shape index (κ2) is 18.2. The summed E-state index contributed by atoms with van der Waals surface area (Å²) in [4.78, 5) is 50.4. The fraction of sp³-hybridized carbons (Fsp3) is 0.406. The smallest absolute Gasteiger partial charge is 0.306 e. The SMILES string of the molecule is O=C(CCCCCCC(=O)N/N=C/c1ccc(CN2C[C@@H](c3ccccc3)OC(=O)CC/C=C/CCC2=O)cc1)NO. The van der Waals surface area contributed by atoms with Crippen molar-refractivity contribution in [1.29, 1.82) is 0 Å². The lowest BCUT2D eigenvalue weighted by molar-refractivity contribution is -0.152. The quantitative estimate of drug-likeness (QED) is 0.0835. The van der Waals surface area contributed by atoms with E-state index in [9.17, 15) is 19.2 Å². The number of hydroxylamine groups is 1. The number of rotatable bonds is 12. The minimum Gasteiger partial charge on any atom is -0.456 e. The van der Waals surface area contributed by atoms with E-state index in [2.05, 4.69) is 10.5 Å². The Morgan fingerprint density at radius 3 is 2.26 bits per heavy atom. The van der Waals surface area contributed by atoms with Crippen LogP contribution in [0, 0.1) is 0 Å². The number of hydrazone groups is 1. The molecule has 42 heavy (non-hydrogen) atoms. The van der Waals surface area contributed by atoms with E-state index in [1.807, 2.05) is 66.7 Å². The number of cyclic esters (lactones) is 1. The first-order chi connectivity index (χ1) is 20.4. The van der Waals surface area contributed by atoms with Crippen molar-refractivity contribution in [2.24, 2.45) is 5.10 Å². The molecule has 0 fully saturated rings. The molecule has 0 saturated heterocycles. The number of hydrogen-bond donors (Lipinski definition) is 3. The van der Waals surface area contributed by atoms with Crippen LogP contribution >= 0.6 is 0 Å². The Kier molecular flexibility index (Phi) is 13.9. The van der Waals surface area contributed by atoms with Gasteiger partial charge in [0.25, 0.3) is 0 Å². The van der Waals surface area contributed by atoms with E-state index in [1.165, 1.54) is 0 Å². The molecule has 0 aromatic heterocycles. The Morgan fingerprint density at radius 1 is 0.905 bits per heavy atom. The van der Waals surface area contributed by atoms with Crippen molar-refractivity contribution in [2.75, 3.05) is 6.54 Å². The highest BCUT2D eigenvalue weighted by Crippen LogP contribution is 2.22. The van der Waals surface area contributed by atoms with Gasteiger partial charge in [-0.2, -0.15) is 5.10 Å². The molecule has 0 bridgehead atoms. The van der Waals surface area contributed by atoms with Crippen LogP contribution in [0.15, 0.2) is 71.9 Å². The van der Waals surface area contributed by atoms with Gasteiger partial charge in [0.1, 0.15) is 6.10 Å². The van der Waals surface area contributed by atoms with E-state index in [1.54, 1.807) is 16.6 Å². The molecule has 0 saturated carbocycles. The number of allylic oxidation sites excluding steroid dienone is 2. The van der Waals surface area contributed by atoms with Gasteiger partial charge in [-0.25, -0.2) is 10.9 Å². The van der Waals surface area contributed by atoms with Crippen molar-refractivity contribution in [3.05, 3.63) is 83.4 Å². The molecule has 2 aromatic carbocycles. The number of amides is 3. The number of unbranched alkanes of at least 4 members (excludes halogenated alkanes) is 3. The number of esters is 1. The van der Waals surface area contributed by atoms with E-state index >= 15 is 0 Å². The van der Waals surface area contributed by atoms with Crippen LogP contribution in [-0.4, -0.2) is 46.6 Å². The summed E-state index contributed by atoms with van der Waals surface area (Å²) >= 11 is 0. The third kappa shape index (κ3) is 12.1. The summed E-state index contributed by atoms with van der Waals surface area (Å²) in [6.45, 7) is 0.619. The van der Waals surface area contributed by atoms with Crippen LogP contribution < -0.4 is 10.9 Å². The lowest BCUT2D eigenvalue weighted by Gasteiger charge is -2.28. The van der Waals surface area contributed by atoms with E-state index in [4.69, 9.17) is 9.94 Å². The number of ether oxygens (including phenoxy) is 1. The van der Waals surface area contributed by atoms with Gasteiger partial charge in [-0.3, -0.25) is 24.4 Å². The third-order valence-corrected chi connectivity index (χ3v) is 6.83. The molecular formula is C32H40N4O6. The summed E-state index contributed by atoms with van der Waals surface area (Å²) in [5.41, 5.74) is 6.69. The van der Waals surface area contributed by atoms with Crippen molar-refractivity contribution in [3.63, 3.8) is 0 Å². The van der Waals surface area contributed by atoms with Crippen molar-refractivity contribution >= 4 is 29.9 Å². The highest BCUT2D eigenvalue weighted by Gasteiger charge is 2.24. The van der Waals surface area contributed by atoms with Gasteiger partial charge >= 0.3 is 5.97 Å². The Balaban J connectivity index is 1.54. The molecule has 3 rings (SSSR count). The predicted molar refractivity (Wildman–Crippen MR) is 158 cm³/mol. The Hall–Kier alpha value is -4.31. The molecule has 3 N–H and O–H groups in total. The number of carbonyl (C=O) groups is 4. The van der Waals surface area contributed by atoms with E-state index in [0.29, 0.717) is 51.5 Å². The summed E-state index contributed by atoms with van der Waals surface area (Å²) in [7, 11) is 0. The highest BCUT2D eigenvalue weighted by molar-refractivity contribution is 5.82. The molecule has 2 aromatic rings. The maximum Gasteiger partial charge on any atom is 0.306 e.